The van der Waals surface area contributed by atoms with Gasteiger partial charge in [-0.3, -0.25) is 4.68 Å². The number of anilines is 1. The van der Waals surface area contributed by atoms with Crippen molar-refractivity contribution in [1.82, 2.24) is 9.78 Å². The van der Waals surface area contributed by atoms with Crippen molar-refractivity contribution in [3.8, 4) is 0 Å². The Balaban J connectivity index is 2.30. The third-order valence-electron chi connectivity index (χ3n) is 1.92. The quantitative estimate of drug-likeness (QED) is 0.740. The van der Waals surface area contributed by atoms with Crippen LogP contribution in [0.1, 0.15) is 31.0 Å². The van der Waals surface area contributed by atoms with Crippen molar-refractivity contribution in [2.24, 2.45) is 0 Å². The molecule has 0 spiro atoms. The summed E-state index contributed by atoms with van der Waals surface area (Å²) in [6.45, 7) is 0. The lowest BCUT2D eigenvalue weighted by Crippen LogP contribution is -1.95. The van der Waals surface area contributed by atoms with Gasteiger partial charge in [0.2, 0.25) is 0 Å². The van der Waals surface area contributed by atoms with Crippen molar-refractivity contribution in [3.05, 3.63) is 11.9 Å². The highest BCUT2D eigenvalue weighted by Crippen LogP contribution is 2.36. The Morgan fingerprint density at radius 1 is 1.58 bits per heavy atom. The van der Waals surface area contributed by atoms with Crippen LogP contribution in [-0.4, -0.2) is 9.78 Å². The molecule has 1 aromatic rings. The largest absolute Gasteiger partial charge is 0.396 e. The average molecular weight is 173 g/mol. The number of nitrogen functional groups attached to an aromatic ring is 1. The molecule has 1 aliphatic rings. The lowest BCUT2D eigenvalue weighted by Gasteiger charge is -1.94. The Labute approximate surface area is 68.2 Å². The molecule has 0 amide bonds. The Bertz CT molecular complexity index is 291. The Hall–Kier alpha value is -1.13. The van der Waals surface area contributed by atoms with E-state index in [-0.39, 0.29) is 11.4 Å². The molecule has 2 N–H and O–H groups in total. The molecule has 3 nitrogen and oxygen atoms in total. The van der Waals surface area contributed by atoms with E-state index in [1.165, 1.54) is 10.9 Å². The molecule has 0 bridgehead atoms. The van der Waals surface area contributed by atoms with E-state index in [2.05, 4.69) is 5.10 Å². The Morgan fingerprint density at radius 2 is 2.25 bits per heavy atom. The smallest absolute Gasteiger partial charge is 0.284 e. The maximum absolute atomic E-state index is 12.2. The molecular formula is C7H9F2N3. The van der Waals surface area contributed by atoms with Crippen LogP contribution < -0.4 is 5.73 Å². The normalized spacial score (nSPS) is 17.2. The summed E-state index contributed by atoms with van der Waals surface area (Å²) in [5.74, 6) is 0. The molecule has 0 atom stereocenters. The molecule has 1 aromatic heterocycles. The van der Waals surface area contributed by atoms with Gasteiger partial charge in [0.05, 0.1) is 11.7 Å². The number of hydrogen-bond acceptors (Lipinski definition) is 2. The van der Waals surface area contributed by atoms with Crippen molar-refractivity contribution in [2.45, 2.75) is 25.3 Å². The highest BCUT2D eigenvalue weighted by molar-refractivity contribution is 5.41. The van der Waals surface area contributed by atoms with Crippen LogP contribution in [-0.2, 0) is 0 Å². The number of rotatable bonds is 2. The molecule has 66 valence electrons. The molecule has 12 heavy (non-hydrogen) atoms. The zero-order valence-corrected chi connectivity index (χ0v) is 6.37. The van der Waals surface area contributed by atoms with Crippen molar-refractivity contribution >= 4 is 5.69 Å². The monoisotopic (exact) mass is 173 g/mol. The highest BCUT2D eigenvalue weighted by Gasteiger charge is 2.27. The Kier molecular flexibility index (Phi) is 1.52. The third kappa shape index (κ3) is 1.15. The van der Waals surface area contributed by atoms with Gasteiger partial charge in [0.1, 0.15) is 0 Å². The lowest BCUT2D eigenvalue weighted by molar-refractivity contribution is 0.146. The number of nitrogens with two attached hydrogens (primary N) is 1. The molecule has 0 radical (unpaired) electrons. The van der Waals surface area contributed by atoms with E-state index in [1.54, 1.807) is 0 Å². The minimum atomic E-state index is -2.56. The minimum Gasteiger partial charge on any atom is -0.396 e. The number of nitrogens with zero attached hydrogens (tertiary/aromatic N) is 2. The van der Waals surface area contributed by atoms with Crippen molar-refractivity contribution < 1.29 is 8.78 Å². The van der Waals surface area contributed by atoms with Crippen LogP contribution >= 0.6 is 0 Å². The molecule has 1 fully saturated rings. The second-order valence-corrected chi connectivity index (χ2v) is 2.98. The first-order valence-electron chi connectivity index (χ1n) is 3.81. The zero-order chi connectivity index (χ0) is 8.72. The van der Waals surface area contributed by atoms with Gasteiger partial charge in [-0.05, 0) is 12.8 Å². The third-order valence-corrected chi connectivity index (χ3v) is 1.92. The summed E-state index contributed by atoms with van der Waals surface area (Å²) in [6.07, 6.45) is 0.956. The minimum absolute atomic E-state index is 0.0944. The van der Waals surface area contributed by atoms with Crippen LogP contribution in [0.15, 0.2) is 6.20 Å². The van der Waals surface area contributed by atoms with Gasteiger partial charge in [0.25, 0.3) is 6.43 Å². The number of alkyl halides is 2. The molecule has 2 rings (SSSR count). The fraction of sp³-hybridized carbons (Fsp3) is 0.571. The maximum atomic E-state index is 12.2. The number of halogens is 2. The summed E-state index contributed by atoms with van der Waals surface area (Å²) in [6, 6.07) is 0.305. The summed E-state index contributed by atoms with van der Waals surface area (Å²) in [4.78, 5) is 0. The summed E-state index contributed by atoms with van der Waals surface area (Å²) in [5.41, 5.74) is 5.15. The van der Waals surface area contributed by atoms with Gasteiger partial charge in [-0.1, -0.05) is 0 Å². The molecule has 0 saturated heterocycles. The van der Waals surface area contributed by atoms with E-state index < -0.39 is 6.43 Å². The van der Waals surface area contributed by atoms with Crippen molar-refractivity contribution in [2.75, 3.05) is 5.73 Å². The molecule has 0 aliphatic heterocycles. The van der Waals surface area contributed by atoms with Crippen LogP contribution in [0.4, 0.5) is 14.5 Å². The van der Waals surface area contributed by atoms with E-state index in [4.69, 9.17) is 5.73 Å². The molecule has 0 unspecified atom stereocenters. The van der Waals surface area contributed by atoms with E-state index >= 15 is 0 Å². The van der Waals surface area contributed by atoms with E-state index in [0.29, 0.717) is 6.04 Å². The summed E-state index contributed by atoms with van der Waals surface area (Å²) < 4.78 is 25.9. The van der Waals surface area contributed by atoms with E-state index in [1.807, 2.05) is 0 Å². The summed E-state index contributed by atoms with van der Waals surface area (Å²) >= 11 is 0. The molecular weight excluding hydrogens is 164 g/mol. The van der Waals surface area contributed by atoms with E-state index in [0.717, 1.165) is 12.8 Å². The number of aromatic nitrogens is 2. The first-order chi connectivity index (χ1) is 5.68. The maximum Gasteiger partial charge on any atom is 0.284 e. The lowest BCUT2D eigenvalue weighted by atomic mass is 10.4. The molecule has 0 aromatic carbocycles. The predicted octanol–water partition coefficient (Wildman–Crippen LogP) is 1.74. The SMILES string of the molecule is Nc1cn(C2CC2)nc1C(F)F. The molecule has 1 saturated carbocycles. The second-order valence-electron chi connectivity index (χ2n) is 2.98. The highest BCUT2D eigenvalue weighted by atomic mass is 19.3. The van der Waals surface area contributed by atoms with Crippen LogP contribution in [0.25, 0.3) is 0 Å². The van der Waals surface area contributed by atoms with Gasteiger partial charge in [-0.25, -0.2) is 8.78 Å². The Morgan fingerprint density at radius 3 is 2.67 bits per heavy atom. The van der Waals surface area contributed by atoms with Crippen molar-refractivity contribution in [1.29, 1.82) is 0 Å². The van der Waals surface area contributed by atoms with Gasteiger partial charge in [0.15, 0.2) is 5.69 Å². The van der Waals surface area contributed by atoms with Crippen LogP contribution in [0.3, 0.4) is 0 Å². The van der Waals surface area contributed by atoms with Gasteiger partial charge in [0, 0.05) is 6.20 Å². The topological polar surface area (TPSA) is 43.8 Å². The van der Waals surface area contributed by atoms with E-state index in [9.17, 15) is 8.78 Å². The molecule has 1 aliphatic carbocycles. The molecule has 1 heterocycles. The van der Waals surface area contributed by atoms with Gasteiger partial charge in [-0.15, -0.1) is 0 Å². The van der Waals surface area contributed by atoms with Gasteiger partial charge < -0.3 is 5.73 Å². The van der Waals surface area contributed by atoms with Gasteiger partial charge >= 0.3 is 0 Å². The number of hydrogen-bond donors (Lipinski definition) is 1. The molecule has 5 heteroatoms. The van der Waals surface area contributed by atoms with Crippen LogP contribution in [0.5, 0.6) is 0 Å². The standard InChI is InChI=1S/C7H9F2N3/c8-7(9)6-5(10)3-12(11-6)4-1-2-4/h3-4,7H,1-2,10H2. The average Bonchev–Trinajstić information content (AvgIpc) is 2.75. The fourth-order valence-electron chi connectivity index (χ4n) is 1.12. The first kappa shape index (κ1) is 7.52. The summed E-state index contributed by atoms with van der Waals surface area (Å²) in [7, 11) is 0. The fourth-order valence-corrected chi connectivity index (χ4v) is 1.12. The zero-order valence-electron chi connectivity index (χ0n) is 6.37. The first-order valence-corrected chi connectivity index (χ1v) is 3.81. The second kappa shape index (κ2) is 2.43. The van der Waals surface area contributed by atoms with Crippen LogP contribution in [0, 0.1) is 0 Å². The predicted molar refractivity (Wildman–Crippen MR) is 39.9 cm³/mol. The van der Waals surface area contributed by atoms with Gasteiger partial charge in [-0.2, -0.15) is 5.10 Å². The summed E-state index contributed by atoms with van der Waals surface area (Å²) in [5, 5.41) is 3.71. The van der Waals surface area contributed by atoms with Crippen LogP contribution in [0.2, 0.25) is 0 Å². The van der Waals surface area contributed by atoms with Crippen molar-refractivity contribution in [3.63, 3.8) is 0 Å².